The van der Waals surface area contributed by atoms with Crippen LogP contribution in [0.1, 0.15) is 34.8 Å². The summed E-state index contributed by atoms with van der Waals surface area (Å²) in [6.07, 6.45) is 6.11. The van der Waals surface area contributed by atoms with Gasteiger partial charge in [-0.15, -0.1) is 10.2 Å². The van der Waals surface area contributed by atoms with E-state index >= 15 is 0 Å². The first-order valence-electron chi connectivity index (χ1n) is 6.96. The van der Waals surface area contributed by atoms with Crippen molar-refractivity contribution in [2.75, 3.05) is 0 Å². The second-order valence-electron chi connectivity index (χ2n) is 5.27. The molecule has 3 aromatic heterocycles. The van der Waals surface area contributed by atoms with Crippen molar-refractivity contribution in [3.63, 3.8) is 0 Å². The number of hydrogen-bond donors (Lipinski definition) is 1. The Hall–Kier alpha value is -2.63. The minimum Gasteiger partial charge on any atom is -0.469 e. The van der Waals surface area contributed by atoms with E-state index in [1.807, 2.05) is 16.5 Å². The Morgan fingerprint density at radius 2 is 2.24 bits per heavy atom. The number of rotatable bonds is 4. The predicted octanol–water partition coefficient (Wildman–Crippen LogP) is 1.81. The van der Waals surface area contributed by atoms with Gasteiger partial charge in [-0.3, -0.25) is 9.20 Å². The molecule has 106 valence electrons. The maximum atomic E-state index is 12.1. The lowest BCUT2D eigenvalue weighted by molar-refractivity contribution is 0.0950. The highest BCUT2D eigenvalue weighted by Crippen LogP contribution is 2.19. The van der Waals surface area contributed by atoms with E-state index in [1.165, 1.54) is 0 Å². The zero-order valence-corrected chi connectivity index (χ0v) is 11.3. The zero-order chi connectivity index (χ0) is 14.2. The van der Waals surface area contributed by atoms with Crippen LogP contribution in [-0.4, -0.2) is 26.5 Å². The SMILES string of the molecule is O=C(NC1CC1)c1ccc2nnc(Cc3ccco3)n2c1. The minimum absolute atomic E-state index is 0.0444. The molecular formula is C15H14N4O2. The molecule has 6 nitrogen and oxygen atoms in total. The average molecular weight is 282 g/mol. The van der Waals surface area contributed by atoms with Gasteiger partial charge in [0.05, 0.1) is 18.2 Å². The van der Waals surface area contributed by atoms with Crippen LogP contribution in [0.4, 0.5) is 0 Å². The fraction of sp³-hybridized carbons (Fsp3) is 0.267. The highest BCUT2D eigenvalue weighted by atomic mass is 16.3. The molecule has 1 aliphatic carbocycles. The van der Waals surface area contributed by atoms with E-state index in [9.17, 15) is 4.79 Å². The van der Waals surface area contributed by atoms with Crippen LogP contribution < -0.4 is 5.32 Å². The van der Waals surface area contributed by atoms with E-state index < -0.39 is 0 Å². The first kappa shape index (κ1) is 12.1. The van der Waals surface area contributed by atoms with Crippen molar-refractivity contribution in [3.05, 3.63) is 53.9 Å². The van der Waals surface area contributed by atoms with Crippen LogP contribution in [-0.2, 0) is 6.42 Å². The van der Waals surface area contributed by atoms with Gasteiger partial charge in [0.25, 0.3) is 5.91 Å². The van der Waals surface area contributed by atoms with Gasteiger partial charge >= 0.3 is 0 Å². The molecule has 1 saturated carbocycles. The molecule has 4 rings (SSSR count). The van der Waals surface area contributed by atoms with Crippen molar-refractivity contribution in [3.8, 4) is 0 Å². The molecule has 0 atom stereocenters. The summed E-state index contributed by atoms with van der Waals surface area (Å²) in [4.78, 5) is 12.1. The van der Waals surface area contributed by atoms with Crippen LogP contribution in [0.2, 0.25) is 0 Å². The van der Waals surface area contributed by atoms with Crippen LogP contribution in [0.3, 0.4) is 0 Å². The Bertz CT molecular complexity index is 787. The summed E-state index contributed by atoms with van der Waals surface area (Å²) in [5, 5.41) is 11.3. The number of furan rings is 1. The van der Waals surface area contributed by atoms with E-state index in [-0.39, 0.29) is 5.91 Å². The minimum atomic E-state index is -0.0444. The molecule has 21 heavy (non-hydrogen) atoms. The molecule has 3 heterocycles. The van der Waals surface area contributed by atoms with Crippen LogP contribution in [0, 0.1) is 0 Å². The van der Waals surface area contributed by atoms with Crippen molar-refractivity contribution >= 4 is 11.6 Å². The van der Waals surface area contributed by atoms with Crippen molar-refractivity contribution in [1.29, 1.82) is 0 Å². The molecule has 1 amide bonds. The number of amides is 1. The smallest absolute Gasteiger partial charge is 0.252 e. The molecule has 0 radical (unpaired) electrons. The number of aromatic nitrogens is 3. The quantitative estimate of drug-likeness (QED) is 0.792. The molecule has 0 bridgehead atoms. The summed E-state index contributed by atoms with van der Waals surface area (Å²) in [6, 6.07) is 7.66. The third-order valence-electron chi connectivity index (χ3n) is 3.56. The van der Waals surface area contributed by atoms with E-state index in [0.29, 0.717) is 18.0 Å². The molecule has 0 aliphatic heterocycles. The number of nitrogens with zero attached hydrogens (tertiary/aromatic N) is 3. The molecule has 1 aliphatic rings. The van der Waals surface area contributed by atoms with Gasteiger partial charge in [-0.2, -0.15) is 0 Å². The zero-order valence-electron chi connectivity index (χ0n) is 11.3. The number of pyridine rings is 1. The van der Waals surface area contributed by atoms with Gasteiger partial charge in [0.15, 0.2) is 5.65 Å². The Labute approximate surface area is 120 Å². The third-order valence-corrected chi connectivity index (χ3v) is 3.56. The maximum Gasteiger partial charge on any atom is 0.252 e. The predicted molar refractivity (Wildman–Crippen MR) is 75.0 cm³/mol. The number of fused-ring (bicyclic) bond motifs is 1. The fourth-order valence-corrected chi connectivity index (χ4v) is 2.26. The van der Waals surface area contributed by atoms with Crippen LogP contribution in [0.5, 0.6) is 0 Å². The van der Waals surface area contributed by atoms with Gasteiger partial charge < -0.3 is 9.73 Å². The van der Waals surface area contributed by atoms with Gasteiger partial charge in [0, 0.05) is 12.2 Å². The van der Waals surface area contributed by atoms with Crippen LogP contribution in [0.15, 0.2) is 41.1 Å². The highest BCUT2D eigenvalue weighted by Gasteiger charge is 2.24. The summed E-state index contributed by atoms with van der Waals surface area (Å²) in [5.74, 6) is 1.52. The Kier molecular flexibility index (Phi) is 2.73. The lowest BCUT2D eigenvalue weighted by Crippen LogP contribution is -2.25. The Morgan fingerprint density at radius 1 is 1.33 bits per heavy atom. The number of carbonyl (C=O) groups is 1. The van der Waals surface area contributed by atoms with Gasteiger partial charge in [0.1, 0.15) is 11.6 Å². The van der Waals surface area contributed by atoms with Crippen molar-refractivity contribution in [1.82, 2.24) is 19.9 Å². The largest absolute Gasteiger partial charge is 0.469 e. The molecule has 0 unspecified atom stereocenters. The summed E-state index contributed by atoms with van der Waals surface area (Å²) < 4.78 is 7.17. The topological polar surface area (TPSA) is 72.4 Å². The van der Waals surface area contributed by atoms with Gasteiger partial charge in [-0.25, -0.2) is 0 Å². The first-order valence-corrected chi connectivity index (χ1v) is 6.96. The molecule has 0 aromatic carbocycles. The van der Waals surface area contributed by atoms with Gasteiger partial charge in [-0.1, -0.05) is 0 Å². The van der Waals surface area contributed by atoms with Crippen LogP contribution >= 0.6 is 0 Å². The molecule has 0 spiro atoms. The molecule has 1 N–H and O–H groups in total. The summed E-state index contributed by atoms with van der Waals surface area (Å²) >= 11 is 0. The fourth-order valence-electron chi connectivity index (χ4n) is 2.26. The Morgan fingerprint density at radius 3 is 3.00 bits per heavy atom. The number of hydrogen-bond acceptors (Lipinski definition) is 4. The molecule has 3 aromatic rings. The molecular weight excluding hydrogens is 268 g/mol. The van der Waals surface area contributed by atoms with E-state index in [1.54, 1.807) is 24.6 Å². The second-order valence-corrected chi connectivity index (χ2v) is 5.27. The van der Waals surface area contributed by atoms with Crippen molar-refractivity contribution < 1.29 is 9.21 Å². The first-order chi connectivity index (χ1) is 10.3. The molecule has 1 fully saturated rings. The van der Waals surface area contributed by atoms with E-state index in [0.717, 1.165) is 30.1 Å². The third kappa shape index (κ3) is 2.40. The van der Waals surface area contributed by atoms with Crippen molar-refractivity contribution in [2.45, 2.75) is 25.3 Å². The molecule has 6 heteroatoms. The summed E-state index contributed by atoms with van der Waals surface area (Å²) in [5.41, 5.74) is 1.34. The second kappa shape index (κ2) is 4.73. The van der Waals surface area contributed by atoms with Crippen LogP contribution in [0.25, 0.3) is 5.65 Å². The average Bonchev–Trinajstić information content (AvgIpc) is 3.01. The highest BCUT2D eigenvalue weighted by molar-refractivity contribution is 5.94. The van der Waals surface area contributed by atoms with E-state index in [2.05, 4.69) is 15.5 Å². The lowest BCUT2D eigenvalue weighted by atomic mass is 10.2. The van der Waals surface area contributed by atoms with Gasteiger partial charge in [0.2, 0.25) is 0 Å². The summed E-state index contributed by atoms with van der Waals surface area (Å²) in [7, 11) is 0. The van der Waals surface area contributed by atoms with Gasteiger partial charge in [-0.05, 0) is 37.1 Å². The maximum absolute atomic E-state index is 12.1. The Balaban J connectivity index is 1.66. The van der Waals surface area contributed by atoms with Crippen molar-refractivity contribution in [2.24, 2.45) is 0 Å². The normalized spacial score (nSPS) is 14.5. The standard InChI is InChI=1S/C15H14N4O2/c20-15(16-11-4-5-11)10-3-6-13-17-18-14(19(13)9-10)8-12-2-1-7-21-12/h1-3,6-7,9,11H,4-5,8H2,(H,16,20). The number of nitrogens with one attached hydrogen (secondary N) is 1. The monoisotopic (exact) mass is 282 g/mol. The lowest BCUT2D eigenvalue weighted by Gasteiger charge is -2.04. The number of carbonyl (C=O) groups excluding carboxylic acids is 1. The summed E-state index contributed by atoms with van der Waals surface area (Å²) in [6.45, 7) is 0. The molecule has 0 saturated heterocycles. The van der Waals surface area contributed by atoms with E-state index in [4.69, 9.17) is 4.42 Å².